The molecule has 0 amide bonds. The van der Waals surface area contributed by atoms with Gasteiger partial charge in [0.1, 0.15) is 5.75 Å². The number of pyridine rings is 1. The van der Waals surface area contributed by atoms with Crippen LogP contribution < -0.4 is 5.32 Å². The molecular formula is C17H20N2O. The first-order valence-corrected chi connectivity index (χ1v) is 7.22. The SMILES string of the molecule is CC(NC1CCCc2ccc(O)cc21)c1ccncc1. The van der Waals surface area contributed by atoms with Crippen LogP contribution in [0.5, 0.6) is 5.75 Å². The number of aromatic hydroxyl groups is 1. The fourth-order valence-corrected chi connectivity index (χ4v) is 3.01. The van der Waals surface area contributed by atoms with Crippen molar-refractivity contribution in [1.82, 2.24) is 10.3 Å². The van der Waals surface area contributed by atoms with Crippen molar-refractivity contribution in [2.45, 2.75) is 38.3 Å². The highest BCUT2D eigenvalue weighted by atomic mass is 16.3. The average Bonchev–Trinajstić information content (AvgIpc) is 2.49. The Morgan fingerprint density at radius 3 is 2.85 bits per heavy atom. The first-order valence-electron chi connectivity index (χ1n) is 7.22. The van der Waals surface area contributed by atoms with Crippen molar-refractivity contribution in [2.75, 3.05) is 0 Å². The van der Waals surface area contributed by atoms with E-state index in [0.717, 1.165) is 12.8 Å². The Morgan fingerprint density at radius 1 is 1.25 bits per heavy atom. The predicted molar refractivity (Wildman–Crippen MR) is 79.6 cm³/mol. The number of fused-ring (bicyclic) bond motifs is 1. The molecule has 2 unspecified atom stereocenters. The van der Waals surface area contributed by atoms with Gasteiger partial charge in [-0.15, -0.1) is 0 Å². The van der Waals surface area contributed by atoms with Gasteiger partial charge in [0.05, 0.1) is 0 Å². The van der Waals surface area contributed by atoms with E-state index in [9.17, 15) is 5.11 Å². The van der Waals surface area contributed by atoms with Crippen molar-refractivity contribution in [3.8, 4) is 5.75 Å². The molecule has 0 radical (unpaired) electrons. The topological polar surface area (TPSA) is 45.1 Å². The number of hydrogen-bond donors (Lipinski definition) is 2. The summed E-state index contributed by atoms with van der Waals surface area (Å²) >= 11 is 0. The number of aryl methyl sites for hydroxylation is 1. The summed E-state index contributed by atoms with van der Waals surface area (Å²) in [5.41, 5.74) is 3.85. The number of nitrogens with one attached hydrogen (secondary N) is 1. The van der Waals surface area contributed by atoms with E-state index in [1.54, 1.807) is 6.07 Å². The zero-order chi connectivity index (χ0) is 13.9. The maximum absolute atomic E-state index is 9.72. The molecule has 2 atom stereocenters. The van der Waals surface area contributed by atoms with Crippen LogP contribution >= 0.6 is 0 Å². The molecule has 0 aliphatic heterocycles. The molecule has 1 aromatic carbocycles. The van der Waals surface area contributed by atoms with E-state index in [-0.39, 0.29) is 6.04 Å². The lowest BCUT2D eigenvalue weighted by atomic mass is 9.87. The van der Waals surface area contributed by atoms with E-state index in [0.29, 0.717) is 11.8 Å². The Bertz CT molecular complexity index is 583. The molecular weight excluding hydrogens is 248 g/mol. The molecule has 3 rings (SSSR count). The number of phenolic OH excluding ortho intramolecular Hbond substituents is 1. The molecule has 2 aromatic rings. The van der Waals surface area contributed by atoms with Crippen LogP contribution in [0, 0.1) is 0 Å². The summed E-state index contributed by atoms with van der Waals surface area (Å²) in [4.78, 5) is 4.06. The molecule has 1 aliphatic rings. The fourth-order valence-electron chi connectivity index (χ4n) is 3.01. The Hall–Kier alpha value is -1.87. The summed E-state index contributed by atoms with van der Waals surface area (Å²) < 4.78 is 0. The standard InChI is InChI=1S/C17H20N2O/c1-12(13-7-9-18-10-8-13)19-17-4-2-3-14-5-6-15(20)11-16(14)17/h5-12,17,19-20H,2-4H2,1H3. The summed E-state index contributed by atoms with van der Waals surface area (Å²) in [5, 5.41) is 13.4. The third-order valence-corrected chi connectivity index (χ3v) is 4.10. The summed E-state index contributed by atoms with van der Waals surface area (Å²) in [5.74, 6) is 0.356. The smallest absolute Gasteiger partial charge is 0.115 e. The normalized spacial score (nSPS) is 19.4. The monoisotopic (exact) mass is 268 g/mol. The predicted octanol–water partition coefficient (Wildman–Crippen LogP) is 3.52. The van der Waals surface area contributed by atoms with E-state index in [1.807, 2.05) is 30.6 Å². The van der Waals surface area contributed by atoms with E-state index in [4.69, 9.17) is 0 Å². The number of aromatic nitrogens is 1. The van der Waals surface area contributed by atoms with Gasteiger partial charge >= 0.3 is 0 Å². The van der Waals surface area contributed by atoms with E-state index >= 15 is 0 Å². The van der Waals surface area contributed by atoms with Gasteiger partial charge in [0.15, 0.2) is 0 Å². The molecule has 0 spiro atoms. The van der Waals surface area contributed by atoms with Gasteiger partial charge in [0.25, 0.3) is 0 Å². The van der Waals surface area contributed by atoms with Gasteiger partial charge in [0.2, 0.25) is 0 Å². The van der Waals surface area contributed by atoms with E-state index in [1.165, 1.54) is 23.1 Å². The quantitative estimate of drug-likeness (QED) is 0.895. The van der Waals surface area contributed by atoms with Crippen LogP contribution in [0.15, 0.2) is 42.7 Å². The minimum atomic E-state index is 0.274. The second-order valence-corrected chi connectivity index (χ2v) is 5.50. The van der Waals surface area contributed by atoms with Gasteiger partial charge < -0.3 is 10.4 Å². The van der Waals surface area contributed by atoms with Crippen molar-refractivity contribution >= 4 is 0 Å². The first kappa shape index (κ1) is 13.1. The van der Waals surface area contributed by atoms with Crippen LogP contribution in [0.1, 0.15) is 48.5 Å². The third kappa shape index (κ3) is 2.68. The van der Waals surface area contributed by atoms with Crippen molar-refractivity contribution < 1.29 is 5.11 Å². The Labute approximate surface area is 119 Å². The van der Waals surface area contributed by atoms with Gasteiger partial charge in [-0.05, 0) is 67.1 Å². The average molecular weight is 268 g/mol. The van der Waals surface area contributed by atoms with Gasteiger partial charge in [-0.1, -0.05) is 6.07 Å². The molecule has 3 heteroatoms. The molecule has 0 saturated heterocycles. The number of nitrogens with zero attached hydrogens (tertiary/aromatic N) is 1. The fraction of sp³-hybridized carbons (Fsp3) is 0.353. The minimum Gasteiger partial charge on any atom is -0.508 e. The van der Waals surface area contributed by atoms with Crippen molar-refractivity contribution in [3.05, 3.63) is 59.4 Å². The van der Waals surface area contributed by atoms with Crippen LogP contribution in [0.3, 0.4) is 0 Å². The van der Waals surface area contributed by atoms with Crippen LogP contribution in [-0.4, -0.2) is 10.1 Å². The highest BCUT2D eigenvalue weighted by molar-refractivity contribution is 5.38. The molecule has 0 fully saturated rings. The second-order valence-electron chi connectivity index (χ2n) is 5.50. The van der Waals surface area contributed by atoms with Crippen molar-refractivity contribution in [2.24, 2.45) is 0 Å². The molecule has 2 N–H and O–H groups in total. The van der Waals surface area contributed by atoms with Gasteiger partial charge in [-0.25, -0.2) is 0 Å². The third-order valence-electron chi connectivity index (χ3n) is 4.10. The van der Waals surface area contributed by atoms with Crippen LogP contribution in [0.25, 0.3) is 0 Å². The summed E-state index contributed by atoms with van der Waals surface area (Å²) in [6.45, 7) is 2.17. The summed E-state index contributed by atoms with van der Waals surface area (Å²) in [7, 11) is 0. The van der Waals surface area contributed by atoms with Gasteiger partial charge in [0, 0.05) is 24.5 Å². The number of rotatable bonds is 3. The van der Waals surface area contributed by atoms with Crippen molar-refractivity contribution in [3.63, 3.8) is 0 Å². The lowest BCUT2D eigenvalue weighted by Gasteiger charge is -2.29. The minimum absolute atomic E-state index is 0.274. The van der Waals surface area contributed by atoms with Crippen LogP contribution in [-0.2, 0) is 6.42 Å². The zero-order valence-electron chi connectivity index (χ0n) is 11.7. The highest BCUT2D eigenvalue weighted by Crippen LogP contribution is 2.33. The lowest BCUT2D eigenvalue weighted by molar-refractivity contribution is 0.410. The summed E-state index contributed by atoms with van der Waals surface area (Å²) in [6, 6.07) is 10.4. The van der Waals surface area contributed by atoms with Gasteiger partial charge in [-0.2, -0.15) is 0 Å². The maximum Gasteiger partial charge on any atom is 0.115 e. The highest BCUT2D eigenvalue weighted by Gasteiger charge is 2.22. The van der Waals surface area contributed by atoms with Gasteiger partial charge in [-0.3, -0.25) is 4.98 Å². The number of phenols is 1. The lowest BCUT2D eigenvalue weighted by Crippen LogP contribution is -2.27. The largest absolute Gasteiger partial charge is 0.508 e. The number of hydrogen-bond acceptors (Lipinski definition) is 3. The summed E-state index contributed by atoms with van der Waals surface area (Å²) in [6.07, 6.45) is 7.07. The Morgan fingerprint density at radius 2 is 2.05 bits per heavy atom. The van der Waals surface area contributed by atoms with Crippen molar-refractivity contribution in [1.29, 1.82) is 0 Å². The van der Waals surface area contributed by atoms with E-state index in [2.05, 4.69) is 23.3 Å². The molecule has 1 aliphatic carbocycles. The molecule has 0 saturated carbocycles. The molecule has 20 heavy (non-hydrogen) atoms. The maximum atomic E-state index is 9.72. The van der Waals surface area contributed by atoms with Crippen LogP contribution in [0.4, 0.5) is 0 Å². The molecule has 104 valence electrons. The second kappa shape index (κ2) is 5.63. The van der Waals surface area contributed by atoms with E-state index < -0.39 is 0 Å². The zero-order valence-corrected chi connectivity index (χ0v) is 11.7. The Kier molecular flexibility index (Phi) is 3.70. The molecule has 1 aromatic heterocycles. The Balaban J connectivity index is 1.81. The molecule has 1 heterocycles. The molecule has 0 bridgehead atoms. The molecule has 3 nitrogen and oxygen atoms in total. The number of benzene rings is 1. The first-order chi connectivity index (χ1) is 9.74. The van der Waals surface area contributed by atoms with Crippen LogP contribution in [0.2, 0.25) is 0 Å².